The first-order chi connectivity index (χ1) is 13.1. The lowest BCUT2D eigenvalue weighted by Crippen LogP contribution is -2.16. The van der Waals surface area contributed by atoms with E-state index in [1.807, 2.05) is 12.1 Å². The minimum atomic E-state index is 0.107. The molecule has 0 amide bonds. The van der Waals surface area contributed by atoms with Crippen molar-refractivity contribution < 1.29 is 4.42 Å². The van der Waals surface area contributed by atoms with Crippen LogP contribution >= 0.6 is 0 Å². The molecule has 0 aliphatic rings. The summed E-state index contributed by atoms with van der Waals surface area (Å²) in [5, 5.41) is 2.42. The SMILES string of the molecule is Cc1c(-c2cc(C(C)(C)C)cc(C(C)(C)C)c2)ccc2oc3ccccc3c12. The molecule has 0 fully saturated rings. The summed E-state index contributed by atoms with van der Waals surface area (Å²) in [4.78, 5) is 0. The lowest BCUT2D eigenvalue weighted by molar-refractivity contribution is 0.569. The summed E-state index contributed by atoms with van der Waals surface area (Å²) in [6.07, 6.45) is 0. The Bertz CT molecular complexity index is 1140. The lowest BCUT2D eigenvalue weighted by Gasteiger charge is -2.26. The summed E-state index contributed by atoms with van der Waals surface area (Å²) in [6.45, 7) is 16.0. The minimum absolute atomic E-state index is 0.107. The summed E-state index contributed by atoms with van der Waals surface area (Å²) in [5.74, 6) is 0. The molecule has 0 N–H and O–H groups in total. The van der Waals surface area contributed by atoms with Gasteiger partial charge in [-0.1, -0.05) is 84.0 Å². The van der Waals surface area contributed by atoms with Gasteiger partial charge in [-0.2, -0.15) is 0 Å². The van der Waals surface area contributed by atoms with Gasteiger partial charge >= 0.3 is 0 Å². The molecule has 0 saturated carbocycles. The van der Waals surface area contributed by atoms with E-state index >= 15 is 0 Å². The monoisotopic (exact) mass is 370 g/mol. The van der Waals surface area contributed by atoms with Gasteiger partial charge in [-0.25, -0.2) is 0 Å². The van der Waals surface area contributed by atoms with Gasteiger partial charge in [0.2, 0.25) is 0 Å². The first-order valence-corrected chi connectivity index (χ1v) is 10.1. The number of hydrogen-bond donors (Lipinski definition) is 0. The average molecular weight is 371 g/mol. The maximum absolute atomic E-state index is 6.08. The Labute approximate surface area is 168 Å². The molecule has 0 aliphatic heterocycles. The van der Waals surface area contributed by atoms with Crippen LogP contribution in [0.5, 0.6) is 0 Å². The minimum Gasteiger partial charge on any atom is -0.456 e. The van der Waals surface area contributed by atoms with Gasteiger partial charge in [0.15, 0.2) is 0 Å². The molecule has 1 heteroatoms. The molecule has 0 spiro atoms. The zero-order valence-electron chi connectivity index (χ0n) is 18.1. The van der Waals surface area contributed by atoms with Crippen LogP contribution in [-0.2, 0) is 10.8 Å². The molecule has 0 aliphatic carbocycles. The molecule has 0 bridgehead atoms. The Morgan fingerprint density at radius 3 is 1.89 bits per heavy atom. The highest BCUT2D eigenvalue weighted by molar-refractivity contribution is 6.08. The Hall–Kier alpha value is -2.54. The van der Waals surface area contributed by atoms with Crippen molar-refractivity contribution in [2.75, 3.05) is 0 Å². The van der Waals surface area contributed by atoms with Crippen LogP contribution in [-0.4, -0.2) is 0 Å². The van der Waals surface area contributed by atoms with Crippen molar-refractivity contribution in [2.45, 2.75) is 59.3 Å². The third-order valence-electron chi connectivity index (χ3n) is 5.78. The second-order valence-corrected chi connectivity index (χ2v) is 10.0. The standard InChI is InChI=1S/C27H30O/c1-17-21(12-13-24-25(17)22-10-8-9-11-23(22)28-24)18-14-19(26(2,3)4)16-20(15-18)27(5,6)7/h8-16H,1-7H3. The maximum Gasteiger partial charge on any atom is 0.135 e. The van der Waals surface area contributed by atoms with Crippen LogP contribution < -0.4 is 0 Å². The molecule has 1 heterocycles. The van der Waals surface area contributed by atoms with Crippen molar-refractivity contribution in [3.63, 3.8) is 0 Å². The zero-order valence-corrected chi connectivity index (χ0v) is 18.1. The summed E-state index contributed by atoms with van der Waals surface area (Å²) in [6, 6.07) is 19.8. The number of rotatable bonds is 1. The fourth-order valence-electron chi connectivity index (χ4n) is 3.95. The normalized spacial score (nSPS) is 12.8. The second kappa shape index (κ2) is 6.24. The van der Waals surface area contributed by atoms with E-state index in [2.05, 4.69) is 90.9 Å². The molecular weight excluding hydrogens is 340 g/mol. The maximum atomic E-state index is 6.08. The number of furan rings is 1. The molecule has 4 rings (SSSR count). The number of benzene rings is 3. The molecule has 0 atom stereocenters. The average Bonchev–Trinajstić information content (AvgIpc) is 2.99. The van der Waals surface area contributed by atoms with Crippen molar-refractivity contribution in [2.24, 2.45) is 0 Å². The van der Waals surface area contributed by atoms with Crippen LogP contribution in [0.2, 0.25) is 0 Å². The predicted molar refractivity (Wildman–Crippen MR) is 121 cm³/mol. The van der Waals surface area contributed by atoms with Gasteiger partial charge in [0.05, 0.1) is 0 Å². The summed E-state index contributed by atoms with van der Waals surface area (Å²) in [7, 11) is 0. The predicted octanol–water partition coefficient (Wildman–Crippen LogP) is 8.16. The van der Waals surface area contributed by atoms with Crippen LogP contribution in [0.25, 0.3) is 33.1 Å². The zero-order chi connectivity index (χ0) is 20.3. The Morgan fingerprint density at radius 2 is 1.29 bits per heavy atom. The first kappa shape index (κ1) is 18.8. The number of fused-ring (bicyclic) bond motifs is 3. The van der Waals surface area contributed by atoms with E-state index in [4.69, 9.17) is 4.42 Å². The largest absolute Gasteiger partial charge is 0.456 e. The highest BCUT2D eigenvalue weighted by Crippen LogP contribution is 2.39. The third kappa shape index (κ3) is 3.13. The first-order valence-electron chi connectivity index (χ1n) is 10.1. The number of para-hydroxylation sites is 1. The molecule has 1 aromatic heterocycles. The third-order valence-corrected chi connectivity index (χ3v) is 5.78. The molecule has 0 radical (unpaired) electrons. The van der Waals surface area contributed by atoms with Crippen LogP contribution in [0.4, 0.5) is 0 Å². The van der Waals surface area contributed by atoms with Crippen LogP contribution in [0, 0.1) is 6.92 Å². The van der Waals surface area contributed by atoms with Crippen LogP contribution in [0.15, 0.2) is 59.0 Å². The van der Waals surface area contributed by atoms with Gasteiger partial charge in [-0.05, 0) is 57.7 Å². The van der Waals surface area contributed by atoms with Gasteiger partial charge in [-0.15, -0.1) is 0 Å². The van der Waals surface area contributed by atoms with Crippen molar-refractivity contribution in [3.05, 3.63) is 71.3 Å². The van der Waals surface area contributed by atoms with Gasteiger partial charge in [0, 0.05) is 10.8 Å². The van der Waals surface area contributed by atoms with Crippen molar-refractivity contribution in [3.8, 4) is 11.1 Å². The summed E-state index contributed by atoms with van der Waals surface area (Å²) < 4.78 is 6.08. The molecular formula is C27H30O. The molecule has 28 heavy (non-hydrogen) atoms. The van der Waals surface area contributed by atoms with Gasteiger partial charge in [0.25, 0.3) is 0 Å². The number of aryl methyl sites for hydroxylation is 1. The number of hydrogen-bond acceptors (Lipinski definition) is 1. The topological polar surface area (TPSA) is 13.1 Å². The van der Waals surface area contributed by atoms with Crippen molar-refractivity contribution in [1.29, 1.82) is 0 Å². The summed E-state index contributed by atoms with van der Waals surface area (Å²) in [5.41, 5.74) is 8.76. The Kier molecular flexibility index (Phi) is 4.19. The van der Waals surface area contributed by atoms with E-state index in [0.717, 1.165) is 11.2 Å². The lowest BCUT2D eigenvalue weighted by atomic mass is 9.78. The quantitative estimate of drug-likeness (QED) is 0.329. The molecule has 4 aromatic rings. The van der Waals surface area contributed by atoms with Crippen molar-refractivity contribution >= 4 is 21.9 Å². The van der Waals surface area contributed by atoms with E-state index in [1.54, 1.807) is 0 Å². The van der Waals surface area contributed by atoms with E-state index < -0.39 is 0 Å². The molecule has 3 aromatic carbocycles. The van der Waals surface area contributed by atoms with E-state index in [0.29, 0.717) is 0 Å². The molecule has 1 nitrogen and oxygen atoms in total. The smallest absolute Gasteiger partial charge is 0.135 e. The van der Waals surface area contributed by atoms with E-state index in [-0.39, 0.29) is 10.8 Å². The fraction of sp³-hybridized carbons (Fsp3) is 0.333. The van der Waals surface area contributed by atoms with Crippen molar-refractivity contribution in [1.82, 2.24) is 0 Å². The Balaban J connectivity index is 2.02. The van der Waals surface area contributed by atoms with E-state index in [9.17, 15) is 0 Å². The summed E-state index contributed by atoms with van der Waals surface area (Å²) >= 11 is 0. The second-order valence-electron chi connectivity index (χ2n) is 10.0. The Morgan fingerprint density at radius 1 is 0.679 bits per heavy atom. The highest BCUT2D eigenvalue weighted by atomic mass is 16.3. The van der Waals surface area contributed by atoms with Crippen LogP contribution in [0.1, 0.15) is 58.2 Å². The van der Waals surface area contributed by atoms with Crippen LogP contribution in [0.3, 0.4) is 0 Å². The fourth-order valence-corrected chi connectivity index (χ4v) is 3.95. The van der Waals surface area contributed by atoms with Gasteiger partial charge in [-0.3, -0.25) is 0 Å². The molecule has 0 saturated heterocycles. The van der Waals surface area contributed by atoms with Gasteiger partial charge < -0.3 is 4.42 Å². The highest BCUT2D eigenvalue weighted by Gasteiger charge is 2.22. The molecule has 0 unspecified atom stereocenters. The van der Waals surface area contributed by atoms with E-state index in [1.165, 1.54) is 38.6 Å². The van der Waals surface area contributed by atoms with Gasteiger partial charge in [0.1, 0.15) is 11.2 Å². The molecule has 144 valence electrons.